The Morgan fingerprint density at radius 2 is 1.85 bits per heavy atom. The van der Waals surface area contributed by atoms with Crippen LogP contribution in [-0.4, -0.2) is 18.7 Å². The number of hydrogen-bond donors (Lipinski definition) is 0. The Bertz CT molecular complexity index is 1090. The van der Waals surface area contributed by atoms with Crippen LogP contribution >= 0.6 is 46.3 Å². The maximum absolute atomic E-state index is 13.4. The number of aromatic nitrogens is 4. The molecule has 132 valence electrons. The molecule has 3 aromatic heterocycles. The van der Waals surface area contributed by atoms with Gasteiger partial charge in [0, 0.05) is 76.0 Å². The van der Waals surface area contributed by atoms with Crippen LogP contribution in [0.4, 0.5) is 8.78 Å². The predicted octanol–water partition coefficient (Wildman–Crippen LogP) is 5.84. The zero-order valence-electron chi connectivity index (χ0n) is 13.0. The molecule has 0 fully saturated rings. The maximum atomic E-state index is 13.4. The van der Waals surface area contributed by atoms with Gasteiger partial charge in [0.15, 0.2) is 5.65 Å². The fraction of sp³-hybridized carbons (Fsp3) is 0.0588. The molecular weight excluding hydrogens is 537 g/mol. The average molecular weight is 547 g/mol. The highest BCUT2D eigenvalue weighted by Crippen LogP contribution is 2.34. The minimum absolute atomic E-state index is 0.288. The second kappa shape index (κ2) is 7.28. The van der Waals surface area contributed by atoms with Crippen molar-refractivity contribution in [1.29, 1.82) is 0 Å². The summed E-state index contributed by atoms with van der Waals surface area (Å²) in [4.78, 5) is 4.47. The van der Waals surface area contributed by atoms with E-state index in [1.807, 2.05) is 22.4 Å². The fourth-order valence-electron chi connectivity index (χ4n) is 2.81. The van der Waals surface area contributed by atoms with Gasteiger partial charge in [-0.05, 0) is 39.7 Å². The van der Waals surface area contributed by atoms with Crippen molar-refractivity contribution in [3.63, 3.8) is 0 Å². The van der Waals surface area contributed by atoms with E-state index in [1.165, 1.54) is 21.3 Å². The van der Waals surface area contributed by atoms with E-state index in [-0.39, 0.29) is 6.54 Å². The lowest BCUT2D eigenvalue weighted by atomic mass is 10.1. The first-order valence-electron chi connectivity index (χ1n) is 7.47. The highest BCUT2D eigenvalue weighted by molar-refractivity contribution is 14.2. The maximum Gasteiger partial charge on any atom is 0.151 e. The summed E-state index contributed by atoms with van der Waals surface area (Å²) in [6.45, 7) is 0.288. The van der Waals surface area contributed by atoms with E-state index in [2.05, 4.69) is 47.2 Å². The molecule has 0 N–H and O–H groups in total. The standard InChI is InChI=1S/C17H10BrF2IN4S/c18-12-3-15-16(9-25(26-21)17(15)22-6-12)11-5-23-24(8-11)7-10-1-13(19)4-14(20)2-10/h1-6,8-9H,7H2. The summed E-state index contributed by atoms with van der Waals surface area (Å²) >= 11 is 5.67. The largest absolute Gasteiger partial charge is 0.268 e. The predicted molar refractivity (Wildman–Crippen MR) is 111 cm³/mol. The zero-order chi connectivity index (χ0) is 18.3. The molecule has 1 aromatic carbocycles. The first-order chi connectivity index (χ1) is 12.5. The Labute approximate surface area is 172 Å². The lowest BCUT2D eigenvalue weighted by Crippen LogP contribution is -2.00. The Morgan fingerprint density at radius 1 is 1.08 bits per heavy atom. The monoisotopic (exact) mass is 546 g/mol. The number of nitrogens with zero attached hydrogens (tertiary/aromatic N) is 4. The summed E-state index contributed by atoms with van der Waals surface area (Å²) in [6, 6.07) is 5.49. The molecule has 0 saturated carbocycles. The molecule has 0 unspecified atom stereocenters. The lowest BCUT2D eigenvalue weighted by Gasteiger charge is -2.02. The molecule has 0 bridgehead atoms. The molecule has 0 aliphatic carbocycles. The highest BCUT2D eigenvalue weighted by Gasteiger charge is 2.14. The summed E-state index contributed by atoms with van der Waals surface area (Å²) in [5.74, 6) is -1.18. The van der Waals surface area contributed by atoms with Crippen molar-refractivity contribution in [2.24, 2.45) is 0 Å². The molecular formula is C17H10BrF2IN4S. The van der Waals surface area contributed by atoms with Gasteiger partial charge in [-0.1, -0.05) is 0 Å². The molecule has 0 aliphatic rings. The van der Waals surface area contributed by atoms with Crippen LogP contribution in [-0.2, 0) is 6.54 Å². The third kappa shape index (κ3) is 3.52. The van der Waals surface area contributed by atoms with Crippen molar-refractivity contribution in [3.05, 3.63) is 70.7 Å². The normalized spacial score (nSPS) is 11.4. The van der Waals surface area contributed by atoms with Crippen LogP contribution in [0, 0.1) is 11.6 Å². The van der Waals surface area contributed by atoms with E-state index in [1.54, 1.807) is 17.1 Å². The van der Waals surface area contributed by atoms with Crippen LogP contribution in [0.5, 0.6) is 0 Å². The van der Waals surface area contributed by atoms with Crippen LogP contribution in [0.2, 0.25) is 0 Å². The summed E-state index contributed by atoms with van der Waals surface area (Å²) in [5, 5.41) is 5.33. The van der Waals surface area contributed by atoms with Crippen LogP contribution in [0.3, 0.4) is 0 Å². The van der Waals surface area contributed by atoms with Crippen molar-refractivity contribution >= 4 is 57.3 Å². The smallest absolute Gasteiger partial charge is 0.151 e. The fourth-order valence-corrected chi connectivity index (χ4v) is 4.40. The number of hydrogen-bond acceptors (Lipinski definition) is 3. The number of pyridine rings is 1. The Hall–Kier alpha value is -1.46. The SMILES string of the molecule is Fc1cc(F)cc(Cn2cc(-c3cn(SI)c4ncc(Br)cc34)cn2)c1. The molecule has 0 spiro atoms. The van der Waals surface area contributed by atoms with Gasteiger partial charge in [0.25, 0.3) is 0 Å². The Kier molecular flexibility index (Phi) is 5.02. The quantitative estimate of drug-likeness (QED) is 0.302. The van der Waals surface area contributed by atoms with Crippen molar-refractivity contribution in [3.8, 4) is 11.1 Å². The van der Waals surface area contributed by atoms with E-state index in [0.29, 0.717) is 5.56 Å². The van der Waals surface area contributed by atoms with E-state index in [4.69, 9.17) is 0 Å². The minimum Gasteiger partial charge on any atom is -0.268 e. The molecule has 4 rings (SSSR count). The first-order valence-corrected chi connectivity index (χ1v) is 11.6. The summed E-state index contributed by atoms with van der Waals surface area (Å²) in [7, 11) is 1.53. The summed E-state index contributed by atoms with van der Waals surface area (Å²) in [5.41, 5.74) is 3.29. The second-order valence-electron chi connectivity index (χ2n) is 5.67. The topological polar surface area (TPSA) is 35.6 Å². The van der Waals surface area contributed by atoms with Gasteiger partial charge in [-0.2, -0.15) is 5.10 Å². The van der Waals surface area contributed by atoms with Gasteiger partial charge in [-0.25, -0.2) is 13.8 Å². The minimum atomic E-state index is -0.592. The number of halogens is 4. The van der Waals surface area contributed by atoms with Crippen LogP contribution in [0.25, 0.3) is 22.2 Å². The van der Waals surface area contributed by atoms with Gasteiger partial charge in [-0.3, -0.25) is 8.65 Å². The molecule has 0 aliphatic heterocycles. The molecule has 0 saturated heterocycles. The van der Waals surface area contributed by atoms with Gasteiger partial charge in [0.05, 0.1) is 12.7 Å². The third-order valence-electron chi connectivity index (χ3n) is 3.86. The van der Waals surface area contributed by atoms with Crippen molar-refractivity contribution in [2.75, 3.05) is 0 Å². The zero-order valence-corrected chi connectivity index (χ0v) is 17.6. The summed E-state index contributed by atoms with van der Waals surface area (Å²) in [6.07, 6.45) is 7.37. The van der Waals surface area contributed by atoms with Gasteiger partial charge in [-0.15, -0.1) is 0 Å². The van der Waals surface area contributed by atoms with Crippen molar-refractivity contribution < 1.29 is 8.78 Å². The summed E-state index contributed by atoms with van der Waals surface area (Å²) < 4.78 is 31.3. The first kappa shape index (κ1) is 17.9. The number of rotatable bonds is 4. The van der Waals surface area contributed by atoms with Gasteiger partial charge < -0.3 is 0 Å². The van der Waals surface area contributed by atoms with Gasteiger partial charge in [0.2, 0.25) is 0 Å². The van der Waals surface area contributed by atoms with E-state index in [0.717, 1.165) is 32.7 Å². The molecule has 3 heterocycles. The highest BCUT2D eigenvalue weighted by atomic mass is 127. The van der Waals surface area contributed by atoms with Crippen molar-refractivity contribution in [1.82, 2.24) is 18.7 Å². The second-order valence-corrected chi connectivity index (χ2v) is 8.30. The molecule has 0 atom stereocenters. The van der Waals surface area contributed by atoms with E-state index in [9.17, 15) is 8.78 Å². The molecule has 0 radical (unpaired) electrons. The van der Waals surface area contributed by atoms with E-state index >= 15 is 0 Å². The third-order valence-corrected chi connectivity index (χ3v) is 6.00. The number of benzene rings is 1. The van der Waals surface area contributed by atoms with Crippen molar-refractivity contribution in [2.45, 2.75) is 6.54 Å². The molecule has 4 nitrogen and oxygen atoms in total. The molecule has 4 aromatic rings. The van der Waals surface area contributed by atoms with Crippen LogP contribution in [0.15, 0.2) is 53.5 Å². The van der Waals surface area contributed by atoms with Gasteiger partial charge in [0.1, 0.15) is 11.6 Å². The van der Waals surface area contributed by atoms with Gasteiger partial charge >= 0.3 is 0 Å². The van der Waals surface area contributed by atoms with Crippen LogP contribution in [0.1, 0.15) is 5.56 Å². The molecule has 26 heavy (non-hydrogen) atoms. The molecule has 0 amide bonds. The Balaban J connectivity index is 1.72. The molecule has 9 heteroatoms. The van der Waals surface area contributed by atoms with Crippen LogP contribution < -0.4 is 0 Å². The van der Waals surface area contributed by atoms with E-state index < -0.39 is 11.6 Å². The average Bonchev–Trinajstić information content (AvgIpc) is 3.17. The lowest BCUT2D eigenvalue weighted by molar-refractivity contribution is 0.574. The number of fused-ring (bicyclic) bond motifs is 1. The Morgan fingerprint density at radius 3 is 2.58 bits per heavy atom.